The third-order valence-electron chi connectivity index (χ3n) is 3.98. The molecule has 0 aromatic heterocycles. The van der Waals surface area contributed by atoms with Crippen molar-refractivity contribution >= 4 is 5.90 Å². The molecule has 0 spiro atoms. The molecule has 0 saturated carbocycles. The molecule has 0 radical (unpaired) electrons. The molecule has 1 heterocycles. The Morgan fingerprint density at radius 2 is 1.74 bits per heavy atom. The Bertz CT molecular complexity index is 652. The van der Waals surface area contributed by atoms with Gasteiger partial charge in [-0.2, -0.15) is 0 Å². The summed E-state index contributed by atoms with van der Waals surface area (Å²) in [6.07, 6.45) is 2.11. The summed E-state index contributed by atoms with van der Waals surface area (Å²) in [6, 6.07) is 18.9. The van der Waals surface area contributed by atoms with Crippen molar-refractivity contribution in [3.05, 3.63) is 60.2 Å². The summed E-state index contributed by atoms with van der Waals surface area (Å²) >= 11 is 0. The number of hydrogen-bond donors (Lipinski definition) is 1. The first-order valence-corrected chi connectivity index (χ1v) is 8.18. The summed E-state index contributed by atoms with van der Waals surface area (Å²) < 4.78 is 0. The number of unbranched alkanes of at least 4 members (excludes halogenated alkanes) is 1. The molecule has 4 heteroatoms. The van der Waals surface area contributed by atoms with Crippen LogP contribution in [-0.2, 0) is 4.84 Å². The normalized spacial score (nSPS) is 17.8. The van der Waals surface area contributed by atoms with E-state index in [1.165, 1.54) is 11.1 Å². The van der Waals surface area contributed by atoms with E-state index in [1.807, 2.05) is 11.1 Å². The Hall–Kier alpha value is -2.17. The van der Waals surface area contributed by atoms with E-state index in [4.69, 9.17) is 10.6 Å². The van der Waals surface area contributed by atoms with Gasteiger partial charge in [-0.25, -0.2) is 4.99 Å². The quantitative estimate of drug-likeness (QED) is 0.884. The molecule has 1 aliphatic heterocycles. The van der Waals surface area contributed by atoms with Crippen molar-refractivity contribution in [2.24, 2.45) is 10.7 Å². The van der Waals surface area contributed by atoms with Crippen molar-refractivity contribution in [3.63, 3.8) is 0 Å². The van der Waals surface area contributed by atoms with Crippen molar-refractivity contribution in [2.45, 2.75) is 25.9 Å². The fraction of sp³-hybridized carbons (Fsp3) is 0.316. The minimum Gasteiger partial charge on any atom is -0.387 e. The number of nitrogens with two attached hydrogens (primary N) is 1. The van der Waals surface area contributed by atoms with E-state index < -0.39 is 0 Å². The van der Waals surface area contributed by atoms with Crippen LogP contribution in [0.15, 0.2) is 59.6 Å². The second-order valence-electron chi connectivity index (χ2n) is 5.67. The Balaban J connectivity index is 1.80. The van der Waals surface area contributed by atoms with Gasteiger partial charge in [0.15, 0.2) is 6.17 Å². The molecular weight excluding hydrogens is 286 g/mol. The summed E-state index contributed by atoms with van der Waals surface area (Å²) in [5, 5.41) is 1.93. The van der Waals surface area contributed by atoms with Crippen molar-refractivity contribution in [1.82, 2.24) is 5.06 Å². The highest BCUT2D eigenvalue weighted by Crippen LogP contribution is 2.30. The first-order valence-electron chi connectivity index (χ1n) is 8.18. The number of benzene rings is 2. The van der Waals surface area contributed by atoms with Crippen LogP contribution in [0.5, 0.6) is 0 Å². The highest BCUT2D eigenvalue weighted by molar-refractivity contribution is 5.79. The molecule has 0 fully saturated rings. The third kappa shape index (κ3) is 3.60. The van der Waals surface area contributed by atoms with Crippen LogP contribution in [0, 0.1) is 0 Å². The van der Waals surface area contributed by atoms with Gasteiger partial charge in [0.05, 0.1) is 6.54 Å². The van der Waals surface area contributed by atoms with Gasteiger partial charge in [0.2, 0.25) is 5.90 Å². The molecular formula is C19H23N3O. The lowest BCUT2D eigenvalue weighted by Crippen LogP contribution is -2.26. The van der Waals surface area contributed by atoms with Crippen molar-refractivity contribution in [1.29, 1.82) is 0 Å². The van der Waals surface area contributed by atoms with Crippen LogP contribution in [0.4, 0.5) is 0 Å². The zero-order valence-corrected chi connectivity index (χ0v) is 13.5. The first-order chi connectivity index (χ1) is 11.3. The number of rotatable bonds is 6. The lowest BCUT2D eigenvalue weighted by molar-refractivity contribution is -0.0862. The maximum atomic E-state index is 5.75. The molecule has 120 valence electrons. The van der Waals surface area contributed by atoms with Gasteiger partial charge in [0, 0.05) is 6.54 Å². The van der Waals surface area contributed by atoms with E-state index in [0.29, 0.717) is 12.4 Å². The maximum absolute atomic E-state index is 5.75. The number of hydrogen-bond acceptors (Lipinski definition) is 4. The summed E-state index contributed by atoms with van der Waals surface area (Å²) in [5.74, 6) is 0.609. The van der Waals surface area contributed by atoms with E-state index in [9.17, 15) is 0 Å². The smallest absolute Gasteiger partial charge is 0.225 e. The van der Waals surface area contributed by atoms with Crippen LogP contribution in [0.2, 0.25) is 0 Å². The number of hydroxylamine groups is 2. The monoisotopic (exact) mass is 309 g/mol. The largest absolute Gasteiger partial charge is 0.387 e. The van der Waals surface area contributed by atoms with Gasteiger partial charge in [-0.05, 0) is 23.1 Å². The highest BCUT2D eigenvalue weighted by Gasteiger charge is 2.28. The molecule has 0 saturated heterocycles. The van der Waals surface area contributed by atoms with E-state index in [0.717, 1.165) is 24.9 Å². The maximum Gasteiger partial charge on any atom is 0.225 e. The van der Waals surface area contributed by atoms with Gasteiger partial charge in [-0.1, -0.05) is 67.9 Å². The molecule has 2 aromatic carbocycles. The van der Waals surface area contributed by atoms with E-state index in [1.54, 1.807) is 0 Å². The zero-order valence-electron chi connectivity index (χ0n) is 13.5. The summed E-state index contributed by atoms with van der Waals surface area (Å²) in [6.45, 7) is 3.36. The molecule has 3 rings (SSSR count). The predicted molar refractivity (Wildman–Crippen MR) is 93.8 cm³/mol. The molecule has 0 bridgehead atoms. The van der Waals surface area contributed by atoms with Gasteiger partial charge in [0.25, 0.3) is 0 Å². The standard InChI is InChI=1S/C19H23N3O/c1-2-3-13-22-19(21-18(14-20)23-22)17-11-9-16(10-12-17)15-7-5-4-6-8-15/h4-12,19H,2-3,13-14,20H2,1H3/t19-/m0/s1. The minimum absolute atomic E-state index is 0.0927. The second-order valence-corrected chi connectivity index (χ2v) is 5.67. The molecule has 1 atom stereocenters. The Kier molecular flexibility index (Phi) is 5.05. The van der Waals surface area contributed by atoms with Crippen molar-refractivity contribution < 1.29 is 4.84 Å². The van der Waals surface area contributed by atoms with Crippen LogP contribution in [0.3, 0.4) is 0 Å². The Labute approximate surface area is 137 Å². The van der Waals surface area contributed by atoms with Gasteiger partial charge >= 0.3 is 0 Å². The fourth-order valence-electron chi connectivity index (χ4n) is 2.70. The average molecular weight is 309 g/mol. The Morgan fingerprint density at radius 3 is 2.39 bits per heavy atom. The van der Waals surface area contributed by atoms with Gasteiger partial charge in [0.1, 0.15) is 0 Å². The van der Waals surface area contributed by atoms with Crippen molar-refractivity contribution in [3.8, 4) is 11.1 Å². The van der Waals surface area contributed by atoms with Crippen LogP contribution in [0.1, 0.15) is 31.5 Å². The minimum atomic E-state index is -0.0927. The zero-order chi connectivity index (χ0) is 16.1. The highest BCUT2D eigenvalue weighted by atomic mass is 16.7. The third-order valence-corrected chi connectivity index (χ3v) is 3.98. The van der Waals surface area contributed by atoms with Gasteiger partial charge in [-0.15, -0.1) is 5.06 Å². The van der Waals surface area contributed by atoms with Crippen LogP contribution in [0.25, 0.3) is 11.1 Å². The molecule has 0 aliphatic carbocycles. The van der Waals surface area contributed by atoms with Gasteiger partial charge < -0.3 is 10.6 Å². The van der Waals surface area contributed by atoms with E-state index >= 15 is 0 Å². The van der Waals surface area contributed by atoms with Crippen LogP contribution >= 0.6 is 0 Å². The molecule has 2 aromatic rings. The van der Waals surface area contributed by atoms with Crippen molar-refractivity contribution in [2.75, 3.05) is 13.1 Å². The van der Waals surface area contributed by atoms with Crippen LogP contribution in [-0.4, -0.2) is 24.1 Å². The fourth-order valence-corrected chi connectivity index (χ4v) is 2.70. The van der Waals surface area contributed by atoms with E-state index in [-0.39, 0.29) is 6.17 Å². The molecule has 1 aliphatic rings. The molecule has 0 amide bonds. The topological polar surface area (TPSA) is 50.9 Å². The Morgan fingerprint density at radius 1 is 1.04 bits per heavy atom. The summed E-state index contributed by atoms with van der Waals surface area (Å²) in [5.41, 5.74) is 9.23. The predicted octanol–water partition coefficient (Wildman–Crippen LogP) is 3.76. The number of aliphatic imine (C=N–C) groups is 1. The lowest BCUT2D eigenvalue weighted by atomic mass is 10.0. The first kappa shape index (κ1) is 15.7. The molecule has 4 nitrogen and oxygen atoms in total. The SMILES string of the molecule is CCCCN1OC(CN)=N[C@@H]1c1ccc(-c2ccccc2)cc1. The number of nitrogens with zero attached hydrogens (tertiary/aromatic N) is 2. The van der Waals surface area contributed by atoms with E-state index in [2.05, 4.69) is 60.4 Å². The van der Waals surface area contributed by atoms with Gasteiger partial charge in [-0.3, -0.25) is 0 Å². The molecule has 0 unspecified atom stereocenters. The lowest BCUT2D eigenvalue weighted by Gasteiger charge is -2.21. The van der Waals surface area contributed by atoms with Crippen LogP contribution < -0.4 is 5.73 Å². The second kappa shape index (κ2) is 7.40. The molecule has 2 N–H and O–H groups in total. The summed E-state index contributed by atoms with van der Waals surface area (Å²) in [7, 11) is 0. The summed E-state index contributed by atoms with van der Waals surface area (Å²) in [4.78, 5) is 10.4. The average Bonchev–Trinajstić information content (AvgIpc) is 3.04. The molecule has 23 heavy (non-hydrogen) atoms.